The Morgan fingerprint density at radius 3 is 2.51 bits per heavy atom. The third kappa shape index (κ3) is 5.05. The van der Waals surface area contributed by atoms with Crippen molar-refractivity contribution in [2.75, 3.05) is 24.4 Å². The molecule has 0 bridgehead atoms. The molecule has 37 heavy (non-hydrogen) atoms. The standard InChI is InChI=1S/C27H26N4O5S/c1-15-25(36-16(2)28-15)26(33)30-27-29-22(14-37-27)18-5-7-23-19(11-18)6-8-24(32)31(23)13-17-9-20(34-3)12-21(10-17)35-4/h5,7,9-12,14H,6,8,13H2,1-4H3,(H,29,30,33). The monoisotopic (exact) mass is 518 g/mol. The molecule has 1 N–H and O–H groups in total. The number of nitrogens with one attached hydrogen (secondary N) is 1. The molecule has 4 aromatic rings. The predicted molar refractivity (Wildman–Crippen MR) is 141 cm³/mol. The summed E-state index contributed by atoms with van der Waals surface area (Å²) in [5.74, 6) is 1.66. The molecule has 0 fully saturated rings. The molecule has 10 heteroatoms. The lowest BCUT2D eigenvalue weighted by molar-refractivity contribution is -0.119. The van der Waals surface area contributed by atoms with Crippen LogP contribution in [0.2, 0.25) is 0 Å². The maximum atomic E-state index is 12.9. The lowest BCUT2D eigenvalue weighted by Crippen LogP contribution is -2.34. The van der Waals surface area contributed by atoms with Crippen molar-refractivity contribution in [1.29, 1.82) is 0 Å². The molecule has 0 atom stereocenters. The third-order valence-corrected chi connectivity index (χ3v) is 6.92. The minimum atomic E-state index is -0.382. The second kappa shape index (κ2) is 10.1. The first-order valence-electron chi connectivity index (χ1n) is 11.7. The molecular weight excluding hydrogens is 492 g/mol. The molecule has 2 aromatic carbocycles. The molecule has 1 aliphatic heterocycles. The summed E-state index contributed by atoms with van der Waals surface area (Å²) in [5.41, 5.74) is 5.06. The quantitative estimate of drug-likeness (QED) is 0.360. The molecule has 0 aliphatic carbocycles. The molecule has 0 saturated carbocycles. The second-order valence-electron chi connectivity index (χ2n) is 8.68. The highest BCUT2D eigenvalue weighted by Gasteiger charge is 2.25. The van der Waals surface area contributed by atoms with Gasteiger partial charge in [-0.3, -0.25) is 14.9 Å². The molecule has 2 amide bonds. The molecular formula is C27H26N4O5S. The molecule has 3 heterocycles. The number of oxazole rings is 1. The normalized spacial score (nSPS) is 12.9. The van der Waals surface area contributed by atoms with E-state index in [0.717, 1.165) is 28.1 Å². The van der Waals surface area contributed by atoms with Crippen LogP contribution in [0, 0.1) is 13.8 Å². The maximum Gasteiger partial charge on any atom is 0.295 e. The van der Waals surface area contributed by atoms with E-state index < -0.39 is 0 Å². The van der Waals surface area contributed by atoms with Gasteiger partial charge < -0.3 is 18.8 Å². The van der Waals surface area contributed by atoms with E-state index >= 15 is 0 Å². The Morgan fingerprint density at radius 1 is 1.08 bits per heavy atom. The molecule has 0 saturated heterocycles. The van der Waals surface area contributed by atoms with Gasteiger partial charge in [-0.05, 0) is 48.7 Å². The zero-order valence-corrected chi connectivity index (χ0v) is 21.8. The van der Waals surface area contributed by atoms with Gasteiger partial charge in [0, 0.05) is 36.0 Å². The van der Waals surface area contributed by atoms with Crippen molar-refractivity contribution in [3.05, 3.63) is 70.3 Å². The Morgan fingerprint density at radius 2 is 1.84 bits per heavy atom. The average molecular weight is 519 g/mol. The van der Waals surface area contributed by atoms with Crippen molar-refractivity contribution in [1.82, 2.24) is 9.97 Å². The molecule has 9 nitrogen and oxygen atoms in total. The van der Waals surface area contributed by atoms with Crippen molar-refractivity contribution in [2.24, 2.45) is 0 Å². The van der Waals surface area contributed by atoms with Crippen LogP contribution in [0.3, 0.4) is 0 Å². The number of amides is 2. The zero-order valence-electron chi connectivity index (χ0n) is 21.0. The van der Waals surface area contributed by atoms with Crippen LogP contribution in [0.1, 0.15) is 39.7 Å². The van der Waals surface area contributed by atoms with Gasteiger partial charge in [0.2, 0.25) is 11.7 Å². The molecule has 1 aliphatic rings. The Bertz CT molecular complexity index is 1470. The van der Waals surface area contributed by atoms with Crippen molar-refractivity contribution < 1.29 is 23.5 Å². The summed E-state index contributed by atoms with van der Waals surface area (Å²) >= 11 is 1.33. The molecule has 190 valence electrons. The number of aromatic nitrogens is 2. The van der Waals surface area contributed by atoms with Crippen LogP contribution in [-0.4, -0.2) is 36.0 Å². The summed E-state index contributed by atoms with van der Waals surface area (Å²) in [5, 5.41) is 5.15. The molecule has 5 rings (SSSR count). The number of nitrogens with zero attached hydrogens (tertiary/aromatic N) is 3. The Balaban J connectivity index is 1.37. The van der Waals surface area contributed by atoms with E-state index in [4.69, 9.17) is 13.9 Å². The number of methoxy groups -OCH3 is 2. The first-order chi connectivity index (χ1) is 17.8. The summed E-state index contributed by atoms with van der Waals surface area (Å²) in [6.07, 6.45) is 1.07. The number of anilines is 2. The number of hydrogen-bond acceptors (Lipinski definition) is 8. The summed E-state index contributed by atoms with van der Waals surface area (Å²) in [6, 6.07) is 11.6. The summed E-state index contributed by atoms with van der Waals surface area (Å²) < 4.78 is 16.2. The van der Waals surface area contributed by atoms with Crippen LogP contribution in [0.25, 0.3) is 11.3 Å². The lowest BCUT2D eigenvalue weighted by atomic mass is 9.97. The highest BCUT2D eigenvalue weighted by molar-refractivity contribution is 7.14. The van der Waals surface area contributed by atoms with E-state index in [-0.39, 0.29) is 17.6 Å². The number of carbonyl (C=O) groups excluding carboxylic acids is 2. The Hall–Kier alpha value is -4.18. The molecule has 0 spiro atoms. The Labute approximate surface area is 218 Å². The predicted octanol–water partition coefficient (Wildman–Crippen LogP) is 5.16. The summed E-state index contributed by atoms with van der Waals surface area (Å²) in [7, 11) is 3.21. The maximum absolute atomic E-state index is 12.9. The Kier molecular flexibility index (Phi) is 6.66. The van der Waals surface area contributed by atoms with Gasteiger partial charge in [-0.15, -0.1) is 11.3 Å². The molecule has 0 radical (unpaired) electrons. The number of benzene rings is 2. The van der Waals surface area contributed by atoms with Gasteiger partial charge in [-0.2, -0.15) is 0 Å². The van der Waals surface area contributed by atoms with Crippen LogP contribution in [0.4, 0.5) is 10.8 Å². The van der Waals surface area contributed by atoms with Gasteiger partial charge in [0.05, 0.1) is 32.2 Å². The fraction of sp³-hybridized carbons (Fsp3) is 0.259. The summed E-state index contributed by atoms with van der Waals surface area (Å²) in [6.45, 7) is 3.83. The van der Waals surface area contributed by atoms with Gasteiger partial charge in [-0.25, -0.2) is 9.97 Å². The number of rotatable bonds is 7. The van der Waals surface area contributed by atoms with Crippen molar-refractivity contribution in [3.8, 4) is 22.8 Å². The summed E-state index contributed by atoms with van der Waals surface area (Å²) in [4.78, 5) is 35.9. The zero-order chi connectivity index (χ0) is 26.1. The first kappa shape index (κ1) is 24.5. The van der Waals surface area contributed by atoms with E-state index in [1.54, 1.807) is 39.0 Å². The first-order valence-corrected chi connectivity index (χ1v) is 12.6. The van der Waals surface area contributed by atoms with Gasteiger partial charge in [-0.1, -0.05) is 6.07 Å². The smallest absolute Gasteiger partial charge is 0.295 e. The minimum absolute atomic E-state index is 0.0682. The van der Waals surface area contributed by atoms with Crippen LogP contribution < -0.4 is 19.7 Å². The van der Waals surface area contributed by atoms with Gasteiger partial charge in [0.1, 0.15) is 11.5 Å². The van der Waals surface area contributed by atoms with E-state index in [2.05, 4.69) is 21.4 Å². The number of fused-ring (bicyclic) bond motifs is 1. The van der Waals surface area contributed by atoms with Crippen molar-refractivity contribution >= 4 is 34.0 Å². The number of thiazole rings is 1. The SMILES string of the molecule is COc1cc(CN2C(=O)CCc3cc(-c4csc(NC(=O)c5oc(C)nc5C)n4)ccc32)cc(OC)c1. The van der Waals surface area contributed by atoms with Crippen LogP contribution in [0.5, 0.6) is 11.5 Å². The van der Waals surface area contributed by atoms with Crippen molar-refractivity contribution in [2.45, 2.75) is 33.2 Å². The number of hydrogen-bond donors (Lipinski definition) is 1. The number of ether oxygens (including phenoxy) is 2. The molecule has 2 aromatic heterocycles. The largest absolute Gasteiger partial charge is 0.497 e. The van der Waals surface area contributed by atoms with Crippen molar-refractivity contribution in [3.63, 3.8) is 0 Å². The fourth-order valence-electron chi connectivity index (χ4n) is 4.39. The highest BCUT2D eigenvalue weighted by atomic mass is 32.1. The molecule has 0 unspecified atom stereocenters. The lowest BCUT2D eigenvalue weighted by Gasteiger charge is -2.30. The number of carbonyl (C=O) groups is 2. The van der Waals surface area contributed by atoms with E-state index in [0.29, 0.717) is 47.6 Å². The van der Waals surface area contributed by atoms with Gasteiger partial charge in [0.15, 0.2) is 11.0 Å². The second-order valence-corrected chi connectivity index (χ2v) is 9.54. The van der Waals surface area contributed by atoms with Crippen LogP contribution >= 0.6 is 11.3 Å². The average Bonchev–Trinajstić information content (AvgIpc) is 3.50. The third-order valence-electron chi connectivity index (χ3n) is 6.16. The van der Waals surface area contributed by atoms with Crippen LogP contribution in [-0.2, 0) is 17.8 Å². The highest BCUT2D eigenvalue weighted by Crippen LogP contribution is 2.35. The van der Waals surface area contributed by atoms with Crippen LogP contribution in [0.15, 0.2) is 46.2 Å². The van der Waals surface area contributed by atoms with E-state index in [9.17, 15) is 9.59 Å². The fourth-order valence-corrected chi connectivity index (χ4v) is 5.11. The van der Waals surface area contributed by atoms with E-state index in [1.165, 1.54) is 11.3 Å². The van der Waals surface area contributed by atoms with Gasteiger partial charge in [0.25, 0.3) is 5.91 Å². The minimum Gasteiger partial charge on any atom is -0.497 e. The number of aryl methyl sites for hydroxylation is 3. The topological polar surface area (TPSA) is 107 Å². The van der Waals surface area contributed by atoms with Gasteiger partial charge >= 0.3 is 0 Å². The van der Waals surface area contributed by atoms with E-state index in [1.807, 2.05) is 29.6 Å².